The Morgan fingerprint density at radius 3 is 2.52 bits per heavy atom. The van der Waals surface area contributed by atoms with Crippen molar-refractivity contribution in [1.82, 2.24) is 5.32 Å². The number of hydrogen-bond acceptors (Lipinski definition) is 3. The molecule has 0 saturated heterocycles. The highest BCUT2D eigenvalue weighted by atomic mass is 19.3. The molecule has 0 bridgehead atoms. The van der Waals surface area contributed by atoms with Crippen molar-refractivity contribution < 1.29 is 18.3 Å². The van der Waals surface area contributed by atoms with Crippen LogP contribution < -0.4 is 15.8 Å². The van der Waals surface area contributed by atoms with Gasteiger partial charge in [0, 0.05) is 18.2 Å². The van der Waals surface area contributed by atoms with Gasteiger partial charge in [-0.05, 0) is 55.2 Å². The van der Waals surface area contributed by atoms with Gasteiger partial charge < -0.3 is 15.8 Å². The molecule has 0 aliphatic heterocycles. The maximum absolute atomic E-state index is 12.1. The lowest BCUT2D eigenvalue weighted by Crippen LogP contribution is -2.26. The number of carbonyl (C=O) groups excluding carboxylic acids is 1. The molecular weight excluding hydrogens is 326 g/mol. The van der Waals surface area contributed by atoms with Gasteiger partial charge in [0.15, 0.2) is 0 Å². The van der Waals surface area contributed by atoms with Crippen LogP contribution in [-0.4, -0.2) is 18.6 Å². The van der Waals surface area contributed by atoms with E-state index in [9.17, 15) is 13.6 Å². The lowest BCUT2D eigenvalue weighted by molar-refractivity contribution is -0.0498. The molecule has 0 aliphatic carbocycles. The third-order valence-corrected chi connectivity index (χ3v) is 3.88. The van der Waals surface area contributed by atoms with E-state index in [1.807, 2.05) is 12.1 Å². The normalized spacial score (nSPS) is 12.2. The molecule has 2 rings (SSSR count). The molecule has 4 nitrogen and oxygen atoms in total. The third-order valence-electron chi connectivity index (χ3n) is 3.88. The van der Waals surface area contributed by atoms with E-state index in [4.69, 9.17) is 5.73 Å². The van der Waals surface area contributed by atoms with Crippen molar-refractivity contribution in [2.75, 3.05) is 0 Å². The molecule has 0 spiro atoms. The summed E-state index contributed by atoms with van der Waals surface area (Å²) in [7, 11) is 0. The summed E-state index contributed by atoms with van der Waals surface area (Å²) in [6.45, 7) is -0.0847. The van der Waals surface area contributed by atoms with E-state index in [0.29, 0.717) is 12.1 Å². The summed E-state index contributed by atoms with van der Waals surface area (Å²) in [5.41, 5.74) is 7.83. The molecule has 0 aromatic heterocycles. The van der Waals surface area contributed by atoms with Crippen LogP contribution in [0.2, 0.25) is 0 Å². The average Bonchev–Trinajstić information content (AvgIpc) is 2.59. The van der Waals surface area contributed by atoms with Gasteiger partial charge in [-0.2, -0.15) is 8.78 Å². The predicted octanol–water partition coefficient (Wildman–Crippen LogP) is 3.50. The van der Waals surface area contributed by atoms with Crippen LogP contribution in [0.25, 0.3) is 0 Å². The van der Waals surface area contributed by atoms with Gasteiger partial charge in [-0.25, -0.2) is 0 Å². The molecule has 1 atom stereocenters. The molecule has 6 heteroatoms. The second-order valence-electron chi connectivity index (χ2n) is 5.91. The number of carbonyl (C=O) groups is 1. The second-order valence-corrected chi connectivity index (χ2v) is 5.91. The maximum Gasteiger partial charge on any atom is 0.387 e. The number of benzene rings is 2. The molecule has 2 aromatic carbocycles. The van der Waals surface area contributed by atoms with Gasteiger partial charge in [0.25, 0.3) is 0 Å². The van der Waals surface area contributed by atoms with Crippen LogP contribution in [0.5, 0.6) is 5.75 Å². The van der Waals surface area contributed by atoms with Crippen molar-refractivity contribution in [3.05, 3.63) is 65.2 Å². The molecule has 1 unspecified atom stereocenters. The van der Waals surface area contributed by atoms with E-state index >= 15 is 0 Å². The first-order valence-corrected chi connectivity index (χ1v) is 8.10. The number of primary amides is 1. The van der Waals surface area contributed by atoms with Gasteiger partial charge in [-0.15, -0.1) is 0 Å². The van der Waals surface area contributed by atoms with Crippen LogP contribution in [0.3, 0.4) is 0 Å². The smallest absolute Gasteiger partial charge is 0.387 e. The fourth-order valence-electron chi connectivity index (χ4n) is 2.45. The van der Waals surface area contributed by atoms with E-state index in [-0.39, 0.29) is 11.8 Å². The Kier molecular flexibility index (Phi) is 6.89. The Bertz CT molecular complexity index is 690. The van der Waals surface area contributed by atoms with Crippen LogP contribution in [0.15, 0.2) is 48.5 Å². The lowest BCUT2D eigenvalue weighted by atomic mass is 10.1. The fraction of sp³-hybridized carbons (Fsp3) is 0.316. The first-order chi connectivity index (χ1) is 11.9. The Morgan fingerprint density at radius 2 is 1.88 bits per heavy atom. The number of nitrogens with two attached hydrogens (primary N) is 1. The number of rotatable bonds is 9. The minimum absolute atomic E-state index is 0.166. The summed E-state index contributed by atoms with van der Waals surface area (Å²) in [4.78, 5) is 11.2. The van der Waals surface area contributed by atoms with E-state index < -0.39 is 12.5 Å². The van der Waals surface area contributed by atoms with Crippen LogP contribution in [0.1, 0.15) is 34.8 Å². The summed E-state index contributed by atoms with van der Waals surface area (Å²) < 4.78 is 28.6. The van der Waals surface area contributed by atoms with Crippen molar-refractivity contribution in [1.29, 1.82) is 0 Å². The molecule has 2 aromatic rings. The minimum Gasteiger partial charge on any atom is -0.435 e. The zero-order chi connectivity index (χ0) is 18.2. The van der Waals surface area contributed by atoms with Crippen molar-refractivity contribution in [3.8, 4) is 5.75 Å². The quantitative estimate of drug-likeness (QED) is 0.729. The number of halogens is 2. The van der Waals surface area contributed by atoms with Crippen LogP contribution in [0, 0.1) is 0 Å². The summed E-state index contributed by atoms with van der Waals surface area (Å²) in [6.07, 6.45) is 1.72. The minimum atomic E-state index is -2.80. The molecule has 134 valence electrons. The van der Waals surface area contributed by atoms with Gasteiger partial charge in [-0.1, -0.05) is 24.3 Å². The van der Waals surface area contributed by atoms with E-state index in [0.717, 1.165) is 24.0 Å². The largest absolute Gasteiger partial charge is 0.435 e. The Balaban J connectivity index is 1.77. The van der Waals surface area contributed by atoms with Crippen LogP contribution in [-0.2, 0) is 13.0 Å². The SMILES string of the molecule is CC(CCc1ccc(OC(F)F)cc1)NCc1cccc(C(N)=O)c1. The molecular formula is C19H22F2N2O2. The van der Waals surface area contributed by atoms with Crippen molar-refractivity contribution >= 4 is 5.91 Å². The van der Waals surface area contributed by atoms with Crippen molar-refractivity contribution in [2.24, 2.45) is 5.73 Å². The van der Waals surface area contributed by atoms with Gasteiger partial charge >= 0.3 is 6.61 Å². The number of amides is 1. The summed E-state index contributed by atoms with van der Waals surface area (Å²) >= 11 is 0. The number of aryl methyl sites for hydroxylation is 1. The molecule has 25 heavy (non-hydrogen) atoms. The molecule has 1 amide bonds. The van der Waals surface area contributed by atoms with Gasteiger partial charge in [0.1, 0.15) is 5.75 Å². The second kappa shape index (κ2) is 9.13. The number of ether oxygens (including phenoxy) is 1. The van der Waals surface area contributed by atoms with Gasteiger partial charge in [-0.3, -0.25) is 4.79 Å². The first-order valence-electron chi connectivity index (χ1n) is 8.10. The Hall–Kier alpha value is -2.47. The van der Waals surface area contributed by atoms with Gasteiger partial charge in [0.05, 0.1) is 0 Å². The third kappa shape index (κ3) is 6.51. The van der Waals surface area contributed by atoms with Gasteiger partial charge in [0.2, 0.25) is 5.91 Å². The monoisotopic (exact) mass is 348 g/mol. The lowest BCUT2D eigenvalue weighted by Gasteiger charge is -2.14. The fourth-order valence-corrected chi connectivity index (χ4v) is 2.45. The Labute approximate surface area is 146 Å². The predicted molar refractivity (Wildman–Crippen MR) is 92.7 cm³/mol. The molecule has 0 saturated carbocycles. The zero-order valence-corrected chi connectivity index (χ0v) is 14.0. The first kappa shape index (κ1) is 18.9. The van der Waals surface area contributed by atoms with E-state index in [1.54, 1.807) is 36.4 Å². The van der Waals surface area contributed by atoms with Crippen molar-refractivity contribution in [3.63, 3.8) is 0 Å². The summed E-state index contributed by atoms with van der Waals surface area (Å²) in [5, 5.41) is 3.40. The summed E-state index contributed by atoms with van der Waals surface area (Å²) in [6, 6.07) is 14.2. The standard InChI is InChI=1S/C19H22F2N2O2/c1-13(23-12-15-3-2-4-16(11-15)18(22)24)5-6-14-7-9-17(10-8-14)25-19(20)21/h2-4,7-11,13,19,23H,5-6,12H2,1H3,(H2,22,24). The molecule has 0 fully saturated rings. The molecule has 0 radical (unpaired) electrons. The van der Waals surface area contributed by atoms with Crippen LogP contribution in [0.4, 0.5) is 8.78 Å². The molecule has 0 aliphatic rings. The summed E-state index contributed by atoms with van der Waals surface area (Å²) in [5.74, 6) is -0.270. The van der Waals surface area contributed by atoms with Crippen molar-refractivity contribution in [2.45, 2.75) is 39.0 Å². The topological polar surface area (TPSA) is 64.3 Å². The number of hydrogen-bond donors (Lipinski definition) is 2. The van der Waals surface area contributed by atoms with E-state index in [1.165, 1.54) is 0 Å². The highest BCUT2D eigenvalue weighted by Crippen LogP contribution is 2.16. The highest BCUT2D eigenvalue weighted by molar-refractivity contribution is 5.92. The number of alkyl halides is 2. The molecule has 3 N–H and O–H groups in total. The number of nitrogens with one attached hydrogen (secondary N) is 1. The van der Waals surface area contributed by atoms with E-state index in [2.05, 4.69) is 17.0 Å². The highest BCUT2D eigenvalue weighted by Gasteiger charge is 2.06. The average molecular weight is 348 g/mol. The zero-order valence-electron chi connectivity index (χ0n) is 14.0. The maximum atomic E-state index is 12.1. The van der Waals surface area contributed by atoms with Crippen LogP contribution >= 0.6 is 0 Å². The molecule has 0 heterocycles. The Morgan fingerprint density at radius 1 is 1.16 bits per heavy atom.